The van der Waals surface area contributed by atoms with Crippen molar-refractivity contribution >= 4 is 40.6 Å². The second-order valence-corrected chi connectivity index (χ2v) is 10.1. The van der Waals surface area contributed by atoms with Gasteiger partial charge in [-0.2, -0.15) is 0 Å². The quantitative estimate of drug-likeness (QED) is 0.360. The van der Waals surface area contributed by atoms with Crippen molar-refractivity contribution in [3.8, 4) is 0 Å². The number of amides is 3. The summed E-state index contributed by atoms with van der Waals surface area (Å²) in [5, 5.41) is 5.42. The first-order valence-electron chi connectivity index (χ1n) is 11.1. The first-order chi connectivity index (χ1) is 16.2. The molecule has 3 aromatic rings. The van der Waals surface area contributed by atoms with Gasteiger partial charge in [0.25, 0.3) is 0 Å². The number of hydrogen-bond acceptors (Lipinski definition) is 3. The molecule has 34 heavy (non-hydrogen) atoms. The van der Waals surface area contributed by atoms with Gasteiger partial charge in [0.15, 0.2) is 0 Å². The Labute approximate surface area is 209 Å². The molecule has 0 saturated carbocycles. The fourth-order valence-electron chi connectivity index (χ4n) is 3.44. The van der Waals surface area contributed by atoms with Crippen LogP contribution in [0.1, 0.15) is 29.9 Å². The van der Waals surface area contributed by atoms with Crippen LogP contribution in [0.25, 0.3) is 0 Å². The molecule has 2 aromatic carbocycles. The van der Waals surface area contributed by atoms with E-state index in [9.17, 15) is 14.0 Å². The van der Waals surface area contributed by atoms with Crippen molar-refractivity contribution in [3.63, 3.8) is 0 Å². The summed E-state index contributed by atoms with van der Waals surface area (Å²) in [4.78, 5) is 30.8. The fourth-order valence-corrected chi connectivity index (χ4v) is 4.49. The van der Waals surface area contributed by atoms with Crippen molar-refractivity contribution < 1.29 is 14.0 Å². The zero-order valence-electron chi connectivity index (χ0n) is 19.6. The molecule has 0 unspecified atom stereocenters. The van der Waals surface area contributed by atoms with Gasteiger partial charge in [-0.1, -0.05) is 37.6 Å². The SMILES string of the molecule is Cc1ccsc1CN(Cc1ccc(F)cc1)C(=O)CN(CC(C)C)C(=O)Nc1ccc(Cl)cc1. The van der Waals surface area contributed by atoms with Crippen LogP contribution in [0.3, 0.4) is 0 Å². The van der Waals surface area contributed by atoms with Crippen LogP contribution in [0.4, 0.5) is 14.9 Å². The number of thiophene rings is 1. The molecule has 5 nitrogen and oxygen atoms in total. The van der Waals surface area contributed by atoms with E-state index in [0.29, 0.717) is 30.3 Å². The summed E-state index contributed by atoms with van der Waals surface area (Å²) in [5.41, 5.74) is 2.54. The first-order valence-corrected chi connectivity index (χ1v) is 12.3. The first kappa shape index (κ1) is 25.7. The Morgan fingerprint density at radius 3 is 2.26 bits per heavy atom. The van der Waals surface area contributed by atoms with E-state index in [2.05, 4.69) is 5.32 Å². The Hall–Kier alpha value is -2.90. The molecule has 180 valence electrons. The van der Waals surface area contributed by atoms with Gasteiger partial charge in [0.1, 0.15) is 12.4 Å². The Balaban J connectivity index is 1.78. The summed E-state index contributed by atoms with van der Waals surface area (Å²) in [6.45, 7) is 7.11. The lowest BCUT2D eigenvalue weighted by Gasteiger charge is -2.29. The molecule has 0 saturated heterocycles. The number of carbonyl (C=O) groups excluding carboxylic acids is 2. The Morgan fingerprint density at radius 2 is 1.68 bits per heavy atom. The van der Waals surface area contributed by atoms with Gasteiger partial charge < -0.3 is 15.1 Å². The van der Waals surface area contributed by atoms with Crippen molar-refractivity contribution in [1.29, 1.82) is 0 Å². The maximum atomic E-state index is 13.5. The number of benzene rings is 2. The molecule has 1 heterocycles. The minimum Gasteiger partial charge on any atom is -0.332 e. The largest absolute Gasteiger partial charge is 0.332 e. The lowest BCUT2D eigenvalue weighted by Crippen LogP contribution is -2.45. The third kappa shape index (κ3) is 7.57. The minimum atomic E-state index is -0.349. The highest BCUT2D eigenvalue weighted by atomic mass is 35.5. The fraction of sp³-hybridized carbons (Fsp3) is 0.308. The predicted octanol–water partition coefficient (Wildman–Crippen LogP) is 6.57. The van der Waals surface area contributed by atoms with Gasteiger partial charge >= 0.3 is 6.03 Å². The highest BCUT2D eigenvalue weighted by molar-refractivity contribution is 7.10. The molecule has 0 radical (unpaired) electrons. The lowest BCUT2D eigenvalue weighted by molar-refractivity contribution is -0.133. The molecule has 0 aliphatic rings. The smallest absolute Gasteiger partial charge is 0.322 e. The Kier molecular flexibility index (Phi) is 9.07. The van der Waals surface area contributed by atoms with E-state index in [1.165, 1.54) is 17.0 Å². The zero-order chi connectivity index (χ0) is 24.7. The topological polar surface area (TPSA) is 52.7 Å². The monoisotopic (exact) mass is 501 g/mol. The summed E-state index contributed by atoms with van der Waals surface area (Å²) < 4.78 is 13.4. The average molecular weight is 502 g/mol. The molecule has 1 N–H and O–H groups in total. The molecule has 3 rings (SSSR count). The van der Waals surface area contributed by atoms with Crippen molar-refractivity contribution in [3.05, 3.63) is 86.8 Å². The van der Waals surface area contributed by atoms with Gasteiger partial charge in [-0.05, 0) is 71.8 Å². The maximum Gasteiger partial charge on any atom is 0.322 e. The number of carbonyl (C=O) groups is 2. The van der Waals surface area contributed by atoms with Gasteiger partial charge in [0, 0.05) is 28.7 Å². The van der Waals surface area contributed by atoms with E-state index in [-0.39, 0.29) is 30.2 Å². The molecule has 3 amide bonds. The molecule has 0 atom stereocenters. The van der Waals surface area contributed by atoms with Gasteiger partial charge in [-0.15, -0.1) is 11.3 Å². The maximum absolute atomic E-state index is 13.5. The molecule has 1 aromatic heterocycles. The third-order valence-electron chi connectivity index (χ3n) is 5.24. The number of nitrogens with zero attached hydrogens (tertiary/aromatic N) is 2. The lowest BCUT2D eigenvalue weighted by atomic mass is 10.2. The summed E-state index contributed by atoms with van der Waals surface area (Å²) in [6.07, 6.45) is 0. The minimum absolute atomic E-state index is 0.0662. The van der Waals surface area contributed by atoms with Crippen LogP contribution in [-0.4, -0.2) is 34.8 Å². The van der Waals surface area contributed by atoms with E-state index in [1.807, 2.05) is 32.2 Å². The summed E-state index contributed by atoms with van der Waals surface area (Å²) in [5.74, 6) is -0.324. The number of anilines is 1. The normalized spacial score (nSPS) is 10.9. The summed E-state index contributed by atoms with van der Waals surface area (Å²) in [7, 11) is 0. The van der Waals surface area contributed by atoms with Gasteiger partial charge in [0.05, 0.1) is 6.54 Å². The standard InChI is InChI=1S/C26H29ClFN3O2S/c1-18(2)14-31(26(33)29-23-10-6-21(27)7-11-23)17-25(32)30(16-24-19(3)12-13-34-24)15-20-4-8-22(28)9-5-20/h4-13,18H,14-17H2,1-3H3,(H,29,33). The Morgan fingerprint density at radius 1 is 1.00 bits per heavy atom. The molecule has 8 heteroatoms. The molecular formula is C26H29ClFN3O2S. The van der Waals surface area contributed by atoms with Crippen LogP contribution < -0.4 is 5.32 Å². The molecule has 0 aliphatic carbocycles. The van der Waals surface area contributed by atoms with Crippen LogP contribution in [0.5, 0.6) is 0 Å². The number of aryl methyl sites for hydroxylation is 1. The van der Waals surface area contributed by atoms with Gasteiger partial charge in [0.2, 0.25) is 5.91 Å². The van der Waals surface area contributed by atoms with Crippen molar-refractivity contribution in [2.45, 2.75) is 33.9 Å². The third-order valence-corrected chi connectivity index (χ3v) is 6.50. The number of hydrogen-bond donors (Lipinski definition) is 1. The number of rotatable bonds is 9. The highest BCUT2D eigenvalue weighted by Gasteiger charge is 2.23. The van der Waals surface area contributed by atoms with Crippen molar-refractivity contribution in [1.82, 2.24) is 9.80 Å². The van der Waals surface area contributed by atoms with E-state index in [0.717, 1.165) is 16.0 Å². The van der Waals surface area contributed by atoms with E-state index < -0.39 is 0 Å². The highest BCUT2D eigenvalue weighted by Crippen LogP contribution is 2.20. The Bertz CT molecular complexity index is 1100. The number of halogens is 2. The van der Waals surface area contributed by atoms with Crippen LogP contribution in [0.2, 0.25) is 5.02 Å². The van der Waals surface area contributed by atoms with Crippen LogP contribution >= 0.6 is 22.9 Å². The van der Waals surface area contributed by atoms with E-state index in [4.69, 9.17) is 11.6 Å². The van der Waals surface area contributed by atoms with Crippen LogP contribution in [0.15, 0.2) is 60.0 Å². The van der Waals surface area contributed by atoms with Crippen molar-refractivity contribution in [2.75, 3.05) is 18.4 Å². The van der Waals surface area contributed by atoms with Gasteiger partial charge in [-0.3, -0.25) is 4.79 Å². The van der Waals surface area contributed by atoms with Crippen LogP contribution in [-0.2, 0) is 17.9 Å². The molecule has 0 bridgehead atoms. The molecule has 0 fully saturated rings. The molecule has 0 aliphatic heterocycles. The van der Waals surface area contributed by atoms with Crippen molar-refractivity contribution in [2.24, 2.45) is 5.92 Å². The second kappa shape index (κ2) is 12.0. The molecule has 0 spiro atoms. The van der Waals surface area contributed by atoms with Crippen LogP contribution in [0, 0.1) is 18.7 Å². The average Bonchev–Trinajstić information content (AvgIpc) is 3.19. The zero-order valence-corrected chi connectivity index (χ0v) is 21.1. The summed E-state index contributed by atoms with van der Waals surface area (Å²) >= 11 is 7.52. The van der Waals surface area contributed by atoms with Gasteiger partial charge in [-0.25, -0.2) is 9.18 Å². The molecular weight excluding hydrogens is 473 g/mol. The second-order valence-electron chi connectivity index (χ2n) is 8.61. The number of nitrogens with one attached hydrogen (secondary N) is 1. The van der Waals surface area contributed by atoms with E-state index in [1.54, 1.807) is 52.6 Å². The number of urea groups is 1. The summed E-state index contributed by atoms with van der Waals surface area (Å²) in [6, 6.07) is 14.6. The van der Waals surface area contributed by atoms with E-state index >= 15 is 0 Å². The predicted molar refractivity (Wildman–Crippen MR) is 137 cm³/mol.